The minimum atomic E-state index is -1.38. The second-order valence-electron chi connectivity index (χ2n) is 7.26. The summed E-state index contributed by atoms with van der Waals surface area (Å²) in [6.07, 6.45) is 2.15. The van der Waals surface area contributed by atoms with Crippen molar-refractivity contribution in [3.05, 3.63) is 48.2 Å². The van der Waals surface area contributed by atoms with E-state index in [9.17, 15) is 14.7 Å². The van der Waals surface area contributed by atoms with Crippen LogP contribution in [0.5, 0.6) is 5.88 Å². The van der Waals surface area contributed by atoms with Crippen molar-refractivity contribution in [3.63, 3.8) is 0 Å². The number of aromatic nitrogens is 1. The summed E-state index contributed by atoms with van der Waals surface area (Å²) in [6.45, 7) is 0.676. The van der Waals surface area contributed by atoms with Crippen LogP contribution in [0.25, 0.3) is 5.57 Å². The normalized spacial score (nSPS) is 19.7. The lowest BCUT2D eigenvalue weighted by Gasteiger charge is -2.28. The van der Waals surface area contributed by atoms with Crippen molar-refractivity contribution in [1.29, 1.82) is 0 Å². The highest BCUT2D eigenvalue weighted by molar-refractivity contribution is 5.90. The Morgan fingerprint density at radius 2 is 2.10 bits per heavy atom. The Kier molecular flexibility index (Phi) is 6.19. The van der Waals surface area contributed by atoms with Crippen molar-refractivity contribution in [1.82, 2.24) is 10.1 Å². The first-order valence-electron chi connectivity index (χ1n) is 9.93. The number of aliphatic hydroxyl groups is 2. The smallest absolute Gasteiger partial charge is 0.414 e. The fraction of sp³-hybridized carbons (Fsp3) is 0.381. The fourth-order valence-corrected chi connectivity index (χ4v) is 3.61. The molecule has 2 atom stereocenters. The number of carbonyl (C=O) groups excluding carboxylic acids is 2. The topological polar surface area (TPSA) is 126 Å². The summed E-state index contributed by atoms with van der Waals surface area (Å²) in [5.74, 6) is -0.127. The van der Waals surface area contributed by atoms with Crippen molar-refractivity contribution >= 4 is 23.3 Å². The summed E-state index contributed by atoms with van der Waals surface area (Å²) >= 11 is 0. The molecule has 10 nitrogen and oxygen atoms in total. The summed E-state index contributed by atoms with van der Waals surface area (Å²) in [5.41, 5.74) is 2.75. The van der Waals surface area contributed by atoms with E-state index in [1.165, 1.54) is 11.2 Å². The third kappa shape index (κ3) is 4.54. The molecule has 2 aliphatic rings. The SMILES string of the molecule is O=C([C@H](O)CO)N1CC=C(c2ccc(N3C(=O)OC[C@H]3COc3ccon3)cc2)CC1. The highest BCUT2D eigenvalue weighted by Gasteiger charge is 2.35. The van der Waals surface area contributed by atoms with E-state index in [1.54, 1.807) is 11.0 Å². The number of hydrogen-bond donors (Lipinski definition) is 2. The van der Waals surface area contributed by atoms with Crippen LogP contribution in [0.4, 0.5) is 10.5 Å². The molecule has 2 aromatic rings. The highest BCUT2D eigenvalue weighted by atomic mass is 16.6. The summed E-state index contributed by atoms with van der Waals surface area (Å²) in [5, 5.41) is 22.1. The lowest BCUT2D eigenvalue weighted by atomic mass is 9.98. The van der Waals surface area contributed by atoms with Gasteiger partial charge in [-0.3, -0.25) is 9.69 Å². The molecule has 10 heteroatoms. The Morgan fingerprint density at radius 3 is 2.74 bits per heavy atom. The van der Waals surface area contributed by atoms with Crippen LogP contribution in [0.2, 0.25) is 0 Å². The predicted octanol–water partition coefficient (Wildman–Crippen LogP) is 1.05. The number of nitrogens with zero attached hydrogens (tertiary/aromatic N) is 3. The second-order valence-corrected chi connectivity index (χ2v) is 7.26. The third-order valence-corrected chi connectivity index (χ3v) is 5.29. The van der Waals surface area contributed by atoms with Gasteiger partial charge in [-0.15, -0.1) is 0 Å². The van der Waals surface area contributed by atoms with Crippen LogP contribution >= 0.6 is 0 Å². The van der Waals surface area contributed by atoms with Gasteiger partial charge in [0.2, 0.25) is 0 Å². The first-order chi connectivity index (χ1) is 15.1. The lowest BCUT2D eigenvalue weighted by molar-refractivity contribution is -0.141. The van der Waals surface area contributed by atoms with E-state index >= 15 is 0 Å². The van der Waals surface area contributed by atoms with Crippen molar-refractivity contribution in [2.24, 2.45) is 0 Å². The van der Waals surface area contributed by atoms with Crippen LogP contribution in [-0.2, 0) is 9.53 Å². The number of cyclic esters (lactones) is 1. The molecule has 0 unspecified atom stereocenters. The van der Waals surface area contributed by atoms with Gasteiger partial charge in [-0.25, -0.2) is 4.79 Å². The van der Waals surface area contributed by atoms with Gasteiger partial charge in [0.15, 0.2) is 6.10 Å². The predicted molar refractivity (Wildman–Crippen MR) is 108 cm³/mol. The Morgan fingerprint density at radius 1 is 1.29 bits per heavy atom. The van der Waals surface area contributed by atoms with Crippen molar-refractivity contribution in [3.8, 4) is 5.88 Å². The minimum Gasteiger partial charge on any atom is -0.473 e. The molecule has 4 rings (SSSR count). The molecule has 2 N–H and O–H groups in total. The van der Waals surface area contributed by atoms with E-state index in [2.05, 4.69) is 5.16 Å². The second kappa shape index (κ2) is 9.19. The van der Waals surface area contributed by atoms with E-state index in [0.717, 1.165) is 11.1 Å². The van der Waals surface area contributed by atoms with Crippen LogP contribution in [-0.4, -0.2) is 77.3 Å². The molecule has 0 radical (unpaired) electrons. The standard InChI is InChI=1S/C21H23N3O7/c25-11-18(26)20(27)23-8-5-15(6-9-23)14-1-3-16(4-2-14)24-17(13-30-21(24)28)12-29-19-7-10-31-22-19/h1-5,7,10,17-18,25-26H,6,8-9,11-13H2/t17-,18-/m1/s1. The molecule has 0 bridgehead atoms. The summed E-state index contributed by atoms with van der Waals surface area (Å²) in [4.78, 5) is 27.3. The summed E-state index contributed by atoms with van der Waals surface area (Å²) in [6, 6.07) is 8.83. The maximum atomic E-state index is 12.2. The van der Waals surface area contributed by atoms with Gasteiger partial charge in [0.1, 0.15) is 25.5 Å². The molecule has 31 heavy (non-hydrogen) atoms. The average molecular weight is 429 g/mol. The number of aliphatic hydroxyl groups excluding tert-OH is 2. The molecule has 1 fully saturated rings. The molecular weight excluding hydrogens is 406 g/mol. The zero-order valence-corrected chi connectivity index (χ0v) is 16.7. The molecule has 2 aliphatic heterocycles. The molecule has 0 aliphatic carbocycles. The van der Waals surface area contributed by atoms with Crippen LogP contribution in [0, 0.1) is 0 Å². The number of carbonyl (C=O) groups is 2. The number of rotatable bonds is 7. The number of amides is 2. The van der Waals surface area contributed by atoms with Crippen LogP contribution in [0.3, 0.4) is 0 Å². The van der Waals surface area contributed by atoms with Crippen molar-refractivity contribution < 1.29 is 33.8 Å². The Balaban J connectivity index is 1.41. The highest BCUT2D eigenvalue weighted by Crippen LogP contribution is 2.28. The maximum Gasteiger partial charge on any atom is 0.414 e. The van der Waals surface area contributed by atoms with Crippen LogP contribution in [0.15, 0.2) is 47.2 Å². The van der Waals surface area contributed by atoms with Gasteiger partial charge in [0, 0.05) is 24.8 Å². The van der Waals surface area contributed by atoms with E-state index in [1.807, 2.05) is 30.3 Å². The number of ether oxygens (including phenoxy) is 2. The summed E-state index contributed by atoms with van der Waals surface area (Å²) < 4.78 is 15.5. The molecular formula is C21H23N3O7. The van der Waals surface area contributed by atoms with E-state index in [4.69, 9.17) is 19.1 Å². The number of anilines is 1. The molecule has 1 saturated heterocycles. The molecule has 1 aromatic carbocycles. The minimum absolute atomic E-state index is 0.215. The Hall–Kier alpha value is -3.37. The largest absolute Gasteiger partial charge is 0.473 e. The van der Waals surface area contributed by atoms with Gasteiger partial charge in [-0.1, -0.05) is 18.2 Å². The summed E-state index contributed by atoms with van der Waals surface area (Å²) in [7, 11) is 0. The van der Waals surface area contributed by atoms with Crippen LogP contribution < -0.4 is 9.64 Å². The van der Waals surface area contributed by atoms with Gasteiger partial charge in [-0.2, -0.15) is 0 Å². The van der Waals surface area contributed by atoms with Gasteiger partial charge in [0.25, 0.3) is 11.8 Å². The van der Waals surface area contributed by atoms with E-state index in [-0.39, 0.29) is 19.3 Å². The molecule has 1 aromatic heterocycles. The molecule has 164 valence electrons. The van der Waals surface area contributed by atoms with Gasteiger partial charge in [0.05, 0.1) is 6.61 Å². The molecule has 2 amide bonds. The quantitative estimate of drug-likeness (QED) is 0.669. The van der Waals surface area contributed by atoms with Crippen LogP contribution in [0.1, 0.15) is 12.0 Å². The third-order valence-electron chi connectivity index (χ3n) is 5.29. The van der Waals surface area contributed by atoms with E-state index < -0.39 is 24.7 Å². The lowest BCUT2D eigenvalue weighted by Crippen LogP contribution is -2.42. The molecule has 3 heterocycles. The Bertz CT molecular complexity index is 942. The van der Waals surface area contributed by atoms with Gasteiger partial charge in [-0.05, 0) is 34.8 Å². The first kappa shape index (κ1) is 20.9. The van der Waals surface area contributed by atoms with Crippen molar-refractivity contribution in [2.75, 3.05) is 37.8 Å². The van der Waals surface area contributed by atoms with Gasteiger partial charge < -0.3 is 29.1 Å². The first-order valence-corrected chi connectivity index (χ1v) is 9.93. The number of hydrogen-bond acceptors (Lipinski definition) is 8. The average Bonchev–Trinajstić information content (AvgIpc) is 3.46. The molecule has 0 saturated carbocycles. The van der Waals surface area contributed by atoms with Crippen molar-refractivity contribution in [2.45, 2.75) is 18.6 Å². The maximum absolute atomic E-state index is 12.2. The Labute approximate surface area is 178 Å². The van der Waals surface area contributed by atoms with Gasteiger partial charge >= 0.3 is 6.09 Å². The fourth-order valence-electron chi connectivity index (χ4n) is 3.61. The van der Waals surface area contributed by atoms with E-state index in [0.29, 0.717) is 31.1 Å². The molecule has 0 spiro atoms. The number of benzene rings is 1. The monoisotopic (exact) mass is 429 g/mol. The zero-order chi connectivity index (χ0) is 21.8. The zero-order valence-electron chi connectivity index (χ0n) is 16.7.